The van der Waals surface area contributed by atoms with Gasteiger partial charge in [-0.3, -0.25) is 14.5 Å². The van der Waals surface area contributed by atoms with Crippen molar-refractivity contribution in [3.63, 3.8) is 0 Å². The van der Waals surface area contributed by atoms with E-state index in [4.69, 9.17) is 14.2 Å². The average molecular weight is 513 g/mol. The number of carbonyl (C=O) groups is 3. The number of ether oxygens (including phenoxy) is 4. The summed E-state index contributed by atoms with van der Waals surface area (Å²) in [6.45, 7) is 3.79. The van der Waals surface area contributed by atoms with Crippen LogP contribution in [-0.4, -0.2) is 81.7 Å². The lowest BCUT2D eigenvalue weighted by Crippen LogP contribution is -2.49. The van der Waals surface area contributed by atoms with Crippen LogP contribution in [0.15, 0.2) is 48.5 Å². The van der Waals surface area contributed by atoms with Crippen LogP contribution < -0.4 is 4.74 Å². The number of amides is 1. The molecule has 1 saturated heterocycles. The van der Waals surface area contributed by atoms with Gasteiger partial charge in [-0.1, -0.05) is 24.3 Å². The molecule has 0 N–H and O–H groups in total. The second-order valence-corrected chi connectivity index (χ2v) is 8.88. The van der Waals surface area contributed by atoms with Crippen molar-refractivity contribution >= 4 is 17.8 Å². The van der Waals surface area contributed by atoms with Crippen LogP contribution in [0.4, 0.5) is 0 Å². The summed E-state index contributed by atoms with van der Waals surface area (Å²) in [6.07, 6.45) is 0.891. The SMILES string of the molecule is COC(=O)CCCC(=O)N1CCN(C[C@H](OCc2ccc(C(=O)OC)cc2)c2cccc(OC)c2)CC1. The largest absolute Gasteiger partial charge is 0.497 e. The Morgan fingerprint density at radius 3 is 2.27 bits per heavy atom. The molecule has 1 atom stereocenters. The van der Waals surface area contributed by atoms with Crippen molar-refractivity contribution in [2.75, 3.05) is 54.1 Å². The third kappa shape index (κ3) is 8.58. The number of rotatable bonds is 12. The number of carbonyl (C=O) groups excluding carboxylic acids is 3. The summed E-state index contributed by atoms with van der Waals surface area (Å²) in [5.74, 6) is 0.166. The van der Waals surface area contributed by atoms with Crippen LogP contribution in [0.25, 0.3) is 0 Å². The first-order chi connectivity index (χ1) is 17.9. The second-order valence-electron chi connectivity index (χ2n) is 8.88. The molecule has 0 bridgehead atoms. The lowest BCUT2D eigenvalue weighted by Gasteiger charge is -2.36. The lowest BCUT2D eigenvalue weighted by molar-refractivity contribution is -0.141. The van der Waals surface area contributed by atoms with Gasteiger partial charge in [0.25, 0.3) is 0 Å². The van der Waals surface area contributed by atoms with E-state index in [9.17, 15) is 14.4 Å². The van der Waals surface area contributed by atoms with Crippen LogP contribution in [0.3, 0.4) is 0 Å². The van der Waals surface area contributed by atoms with E-state index in [1.807, 2.05) is 41.3 Å². The van der Waals surface area contributed by atoms with E-state index in [1.165, 1.54) is 14.2 Å². The summed E-state index contributed by atoms with van der Waals surface area (Å²) in [4.78, 5) is 39.7. The minimum absolute atomic E-state index is 0.0690. The zero-order chi connectivity index (χ0) is 26.6. The van der Waals surface area contributed by atoms with Crippen LogP contribution in [0.2, 0.25) is 0 Å². The summed E-state index contributed by atoms with van der Waals surface area (Å²) >= 11 is 0. The molecule has 3 rings (SSSR count). The number of benzene rings is 2. The number of esters is 2. The Bertz CT molecular complexity index is 1030. The molecule has 9 nitrogen and oxygen atoms in total. The molecule has 1 aliphatic heterocycles. The molecule has 2 aromatic rings. The monoisotopic (exact) mass is 512 g/mol. The molecule has 37 heavy (non-hydrogen) atoms. The van der Waals surface area contributed by atoms with Gasteiger partial charge in [-0.15, -0.1) is 0 Å². The predicted octanol–water partition coefficient (Wildman–Crippen LogP) is 3.23. The first-order valence-corrected chi connectivity index (χ1v) is 12.4. The highest BCUT2D eigenvalue weighted by Crippen LogP contribution is 2.25. The Labute approximate surface area is 218 Å². The smallest absolute Gasteiger partial charge is 0.337 e. The third-order valence-corrected chi connectivity index (χ3v) is 6.44. The van der Waals surface area contributed by atoms with Crippen LogP contribution in [0.1, 0.15) is 46.9 Å². The highest BCUT2D eigenvalue weighted by Gasteiger charge is 2.24. The van der Waals surface area contributed by atoms with E-state index in [0.717, 1.165) is 30.0 Å². The topological polar surface area (TPSA) is 94.6 Å². The molecule has 1 fully saturated rings. The molecule has 1 amide bonds. The Hall–Kier alpha value is -3.43. The van der Waals surface area contributed by atoms with Crippen LogP contribution in [-0.2, 0) is 30.4 Å². The molecule has 1 aliphatic rings. The number of methoxy groups -OCH3 is 3. The maximum Gasteiger partial charge on any atom is 0.337 e. The Morgan fingerprint density at radius 2 is 1.62 bits per heavy atom. The van der Waals surface area contributed by atoms with Crippen LogP contribution in [0.5, 0.6) is 5.75 Å². The van der Waals surface area contributed by atoms with Crippen molar-refractivity contribution in [3.8, 4) is 5.75 Å². The third-order valence-electron chi connectivity index (χ3n) is 6.44. The van der Waals surface area contributed by atoms with E-state index in [-0.39, 0.29) is 30.4 Å². The fourth-order valence-corrected chi connectivity index (χ4v) is 4.21. The van der Waals surface area contributed by atoms with Crippen LogP contribution in [0, 0.1) is 0 Å². The van der Waals surface area contributed by atoms with E-state index in [1.54, 1.807) is 19.2 Å². The Kier molecular flexibility index (Phi) is 10.9. The van der Waals surface area contributed by atoms with Gasteiger partial charge in [-0.25, -0.2) is 4.79 Å². The van der Waals surface area contributed by atoms with E-state index in [2.05, 4.69) is 9.64 Å². The highest BCUT2D eigenvalue weighted by atomic mass is 16.5. The molecular weight excluding hydrogens is 476 g/mol. The van der Waals surface area contributed by atoms with Gasteiger partial charge in [0.2, 0.25) is 5.91 Å². The molecule has 0 unspecified atom stereocenters. The van der Waals surface area contributed by atoms with Crippen molar-refractivity contribution in [3.05, 3.63) is 65.2 Å². The minimum atomic E-state index is -0.372. The van der Waals surface area contributed by atoms with Gasteiger partial charge >= 0.3 is 11.9 Å². The number of hydrogen-bond donors (Lipinski definition) is 0. The fraction of sp³-hybridized carbons (Fsp3) is 0.464. The summed E-state index contributed by atoms with van der Waals surface area (Å²) in [5, 5.41) is 0. The minimum Gasteiger partial charge on any atom is -0.497 e. The molecule has 0 saturated carbocycles. The van der Waals surface area contributed by atoms with Gasteiger partial charge in [0.1, 0.15) is 5.75 Å². The fourth-order valence-electron chi connectivity index (χ4n) is 4.21. The normalized spacial score (nSPS) is 14.6. The number of hydrogen-bond acceptors (Lipinski definition) is 8. The summed E-state index contributed by atoms with van der Waals surface area (Å²) in [7, 11) is 4.35. The van der Waals surface area contributed by atoms with Gasteiger partial charge in [0.05, 0.1) is 39.6 Å². The molecule has 0 aliphatic carbocycles. The highest BCUT2D eigenvalue weighted by molar-refractivity contribution is 5.89. The van der Waals surface area contributed by atoms with E-state index >= 15 is 0 Å². The molecular formula is C28H36N2O7. The maximum atomic E-state index is 12.5. The molecule has 9 heteroatoms. The van der Waals surface area contributed by atoms with E-state index < -0.39 is 0 Å². The van der Waals surface area contributed by atoms with Crippen molar-refractivity contribution in [2.45, 2.75) is 32.0 Å². The molecule has 0 radical (unpaired) electrons. The first-order valence-electron chi connectivity index (χ1n) is 12.4. The lowest BCUT2D eigenvalue weighted by atomic mass is 10.1. The maximum absolute atomic E-state index is 12.5. The van der Waals surface area contributed by atoms with Gasteiger partial charge in [-0.2, -0.15) is 0 Å². The number of nitrogens with zero attached hydrogens (tertiary/aromatic N) is 2. The van der Waals surface area contributed by atoms with Gasteiger partial charge in [0, 0.05) is 45.6 Å². The molecule has 2 aromatic carbocycles. The molecule has 0 aromatic heterocycles. The van der Waals surface area contributed by atoms with Crippen LogP contribution >= 0.6 is 0 Å². The van der Waals surface area contributed by atoms with Crippen molar-refractivity contribution in [1.29, 1.82) is 0 Å². The first kappa shape index (κ1) is 28.1. The molecule has 1 heterocycles. The predicted molar refractivity (Wildman–Crippen MR) is 137 cm³/mol. The zero-order valence-electron chi connectivity index (χ0n) is 21.8. The second kappa shape index (κ2) is 14.3. The van der Waals surface area contributed by atoms with Crippen molar-refractivity contribution in [1.82, 2.24) is 9.80 Å². The molecule has 0 spiro atoms. The summed E-state index contributed by atoms with van der Waals surface area (Å²) in [6, 6.07) is 15.0. The molecule has 200 valence electrons. The average Bonchev–Trinajstić information content (AvgIpc) is 2.95. The van der Waals surface area contributed by atoms with Crippen molar-refractivity contribution in [2.24, 2.45) is 0 Å². The quantitative estimate of drug-likeness (QED) is 0.400. The Morgan fingerprint density at radius 1 is 0.892 bits per heavy atom. The van der Waals surface area contributed by atoms with Gasteiger partial charge < -0.3 is 23.8 Å². The standard InChI is InChI=1S/C28H36N2O7/c1-34-24-7-4-6-23(18-24)25(37-20-21-10-12-22(13-11-21)28(33)36-3)19-29-14-16-30(17-15-29)26(31)8-5-9-27(32)35-2/h4,6-7,10-13,18,25H,5,8-9,14-17,19-20H2,1-3H3/t25-/m0/s1. The number of piperazine rings is 1. The summed E-state index contributed by atoms with van der Waals surface area (Å²) < 4.78 is 21.2. The van der Waals surface area contributed by atoms with Gasteiger partial charge in [-0.05, 0) is 41.8 Å². The van der Waals surface area contributed by atoms with Crippen molar-refractivity contribution < 1.29 is 33.3 Å². The Balaban J connectivity index is 1.58. The summed E-state index contributed by atoms with van der Waals surface area (Å²) in [5.41, 5.74) is 2.45. The van der Waals surface area contributed by atoms with E-state index in [0.29, 0.717) is 44.6 Å². The van der Waals surface area contributed by atoms with Gasteiger partial charge in [0.15, 0.2) is 0 Å². The zero-order valence-corrected chi connectivity index (χ0v) is 21.8.